The molecule has 0 bridgehead atoms. The van der Waals surface area contributed by atoms with E-state index in [1.54, 1.807) is 34.0 Å². The highest BCUT2D eigenvalue weighted by Gasteiger charge is 2.18. The number of thiophene rings is 3. The molecule has 3 aromatic heterocycles. The number of alkyl halides is 1. The van der Waals surface area contributed by atoms with Crippen LogP contribution in [0.2, 0.25) is 0 Å². The van der Waals surface area contributed by atoms with E-state index in [-0.39, 0.29) is 5.38 Å². The van der Waals surface area contributed by atoms with Gasteiger partial charge in [0.05, 0.1) is 9.16 Å². The highest BCUT2D eigenvalue weighted by atomic mass is 79.9. The summed E-state index contributed by atoms with van der Waals surface area (Å²) in [6.45, 7) is 2.12. The summed E-state index contributed by atoms with van der Waals surface area (Å²) >= 11 is 15.4. The predicted octanol–water partition coefficient (Wildman–Crippen LogP) is 6.42. The van der Waals surface area contributed by atoms with Gasteiger partial charge in [0.25, 0.3) is 0 Å². The summed E-state index contributed by atoms with van der Waals surface area (Å²) in [5.41, 5.74) is 1.22. The van der Waals surface area contributed by atoms with Crippen molar-refractivity contribution in [2.24, 2.45) is 0 Å². The van der Waals surface area contributed by atoms with Gasteiger partial charge in [0.1, 0.15) is 0 Å². The van der Waals surface area contributed by atoms with E-state index in [1.165, 1.54) is 24.7 Å². The zero-order valence-corrected chi connectivity index (χ0v) is 13.7. The minimum absolute atomic E-state index is 0.0258. The van der Waals surface area contributed by atoms with Crippen LogP contribution in [0.5, 0.6) is 0 Å². The Morgan fingerprint density at radius 3 is 2.71 bits per heavy atom. The van der Waals surface area contributed by atoms with Gasteiger partial charge in [-0.3, -0.25) is 0 Å². The lowest BCUT2D eigenvalue weighted by Gasteiger charge is -2.05. The maximum Gasteiger partial charge on any atom is 0.0939 e. The van der Waals surface area contributed by atoms with Crippen LogP contribution in [0.25, 0.3) is 9.40 Å². The van der Waals surface area contributed by atoms with E-state index in [4.69, 9.17) is 11.6 Å². The summed E-state index contributed by atoms with van der Waals surface area (Å²) in [6.07, 6.45) is 0. The van der Waals surface area contributed by atoms with E-state index in [0.717, 1.165) is 3.79 Å². The van der Waals surface area contributed by atoms with E-state index in [2.05, 4.69) is 46.4 Å². The number of halogens is 2. The van der Waals surface area contributed by atoms with Crippen molar-refractivity contribution < 1.29 is 0 Å². The normalized spacial score (nSPS) is 13.4. The Bertz CT molecular complexity index is 636. The first-order valence-corrected chi connectivity index (χ1v) is 8.76. The number of fused-ring (bicyclic) bond motifs is 1. The van der Waals surface area contributed by atoms with Crippen LogP contribution in [0.3, 0.4) is 0 Å². The number of rotatable bonds is 2. The molecule has 3 rings (SSSR count). The molecule has 0 N–H and O–H groups in total. The molecule has 5 heteroatoms. The third-order valence-electron chi connectivity index (χ3n) is 2.61. The number of hydrogen-bond acceptors (Lipinski definition) is 3. The molecule has 0 spiro atoms. The zero-order chi connectivity index (χ0) is 12.0. The van der Waals surface area contributed by atoms with Crippen LogP contribution < -0.4 is 0 Å². The minimum Gasteiger partial charge on any atom is -0.143 e. The van der Waals surface area contributed by atoms with Crippen molar-refractivity contribution in [3.05, 3.63) is 42.7 Å². The zero-order valence-electron chi connectivity index (χ0n) is 8.87. The largest absolute Gasteiger partial charge is 0.143 e. The Morgan fingerprint density at radius 1 is 1.24 bits per heavy atom. The molecule has 3 aromatic rings. The average Bonchev–Trinajstić information content (AvgIpc) is 2.90. The standard InChI is InChI=1S/C12H8BrClS3/c1-6-7(4-11(13)16-6)12(14)10-5-9-8(17-10)2-3-15-9/h2-5,12H,1H3. The summed E-state index contributed by atoms with van der Waals surface area (Å²) < 4.78 is 3.82. The van der Waals surface area contributed by atoms with E-state index >= 15 is 0 Å². The lowest BCUT2D eigenvalue weighted by atomic mass is 10.1. The van der Waals surface area contributed by atoms with Crippen LogP contribution >= 0.6 is 61.5 Å². The molecule has 0 fully saturated rings. The maximum absolute atomic E-state index is 6.58. The molecule has 0 aromatic carbocycles. The summed E-state index contributed by atoms with van der Waals surface area (Å²) in [5, 5.41) is 2.10. The summed E-state index contributed by atoms with van der Waals surface area (Å²) in [5.74, 6) is 0. The number of hydrogen-bond donors (Lipinski definition) is 0. The fourth-order valence-corrected chi connectivity index (χ4v) is 6.13. The Hall–Kier alpha value is 0.130. The monoisotopic (exact) mass is 362 g/mol. The van der Waals surface area contributed by atoms with Crippen LogP contribution in [0, 0.1) is 6.92 Å². The molecule has 17 heavy (non-hydrogen) atoms. The molecule has 0 amide bonds. The Morgan fingerprint density at radius 2 is 2.06 bits per heavy atom. The van der Waals surface area contributed by atoms with E-state index in [1.807, 2.05) is 0 Å². The second-order valence-corrected chi connectivity index (χ2v) is 8.86. The molecule has 0 nitrogen and oxygen atoms in total. The van der Waals surface area contributed by atoms with E-state index in [9.17, 15) is 0 Å². The quantitative estimate of drug-likeness (QED) is 0.461. The molecule has 3 heterocycles. The second kappa shape index (κ2) is 4.67. The first kappa shape index (κ1) is 12.2. The van der Waals surface area contributed by atoms with Gasteiger partial charge in [0.2, 0.25) is 0 Å². The van der Waals surface area contributed by atoms with Crippen molar-refractivity contribution in [1.29, 1.82) is 0 Å². The summed E-state index contributed by atoms with van der Waals surface area (Å²) in [6, 6.07) is 6.51. The molecule has 0 saturated carbocycles. The molecule has 88 valence electrons. The molecule has 1 atom stereocenters. The van der Waals surface area contributed by atoms with Crippen LogP contribution in [0.4, 0.5) is 0 Å². The van der Waals surface area contributed by atoms with Gasteiger partial charge >= 0.3 is 0 Å². The smallest absolute Gasteiger partial charge is 0.0939 e. The Balaban J connectivity index is 2.04. The third kappa shape index (κ3) is 2.22. The summed E-state index contributed by atoms with van der Waals surface area (Å²) in [4.78, 5) is 2.52. The summed E-state index contributed by atoms with van der Waals surface area (Å²) in [7, 11) is 0. The molecular formula is C12H8BrClS3. The first-order chi connectivity index (χ1) is 8.15. The van der Waals surface area contributed by atoms with Gasteiger partial charge in [0, 0.05) is 19.2 Å². The molecule has 0 aliphatic carbocycles. The van der Waals surface area contributed by atoms with Crippen LogP contribution in [0.1, 0.15) is 20.7 Å². The third-order valence-corrected chi connectivity index (χ3v) is 6.93. The van der Waals surface area contributed by atoms with Gasteiger partial charge in [-0.25, -0.2) is 0 Å². The van der Waals surface area contributed by atoms with Gasteiger partial charge in [0.15, 0.2) is 0 Å². The highest BCUT2D eigenvalue weighted by Crippen LogP contribution is 2.42. The van der Waals surface area contributed by atoms with Crippen LogP contribution in [-0.2, 0) is 0 Å². The van der Waals surface area contributed by atoms with Crippen molar-refractivity contribution >= 4 is 70.9 Å². The fraction of sp³-hybridized carbons (Fsp3) is 0.167. The van der Waals surface area contributed by atoms with Crippen molar-refractivity contribution in [3.8, 4) is 0 Å². The number of aryl methyl sites for hydroxylation is 1. The molecule has 0 radical (unpaired) electrons. The van der Waals surface area contributed by atoms with E-state index in [0.29, 0.717) is 0 Å². The molecular weight excluding hydrogens is 356 g/mol. The van der Waals surface area contributed by atoms with Crippen LogP contribution in [-0.4, -0.2) is 0 Å². The Labute approximate surface area is 125 Å². The minimum atomic E-state index is -0.0258. The van der Waals surface area contributed by atoms with Gasteiger partial charge in [-0.15, -0.1) is 45.6 Å². The SMILES string of the molecule is Cc1sc(Br)cc1C(Cl)c1cc2sccc2s1. The Kier molecular flexibility index (Phi) is 3.34. The first-order valence-electron chi connectivity index (χ1n) is 5.02. The molecule has 0 aliphatic rings. The van der Waals surface area contributed by atoms with Gasteiger partial charge in [-0.2, -0.15) is 0 Å². The van der Waals surface area contributed by atoms with Gasteiger partial charge < -0.3 is 0 Å². The van der Waals surface area contributed by atoms with Gasteiger partial charge in [-0.1, -0.05) is 0 Å². The van der Waals surface area contributed by atoms with Crippen molar-refractivity contribution in [1.82, 2.24) is 0 Å². The topological polar surface area (TPSA) is 0 Å². The van der Waals surface area contributed by atoms with E-state index < -0.39 is 0 Å². The molecule has 0 saturated heterocycles. The lowest BCUT2D eigenvalue weighted by molar-refractivity contribution is 1.18. The van der Waals surface area contributed by atoms with Crippen molar-refractivity contribution in [2.75, 3.05) is 0 Å². The van der Waals surface area contributed by atoms with Gasteiger partial charge in [-0.05, 0) is 52.0 Å². The van der Waals surface area contributed by atoms with Crippen LogP contribution in [0.15, 0.2) is 27.4 Å². The van der Waals surface area contributed by atoms with Crippen molar-refractivity contribution in [2.45, 2.75) is 12.3 Å². The predicted molar refractivity (Wildman–Crippen MR) is 84.2 cm³/mol. The van der Waals surface area contributed by atoms with Crippen molar-refractivity contribution in [3.63, 3.8) is 0 Å². The second-order valence-electron chi connectivity index (χ2n) is 3.72. The fourth-order valence-electron chi connectivity index (χ4n) is 1.77. The molecule has 0 aliphatic heterocycles. The molecule has 1 unspecified atom stereocenters. The lowest BCUT2D eigenvalue weighted by Crippen LogP contribution is -1.88. The highest BCUT2D eigenvalue weighted by molar-refractivity contribution is 9.11. The maximum atomic E-state index is 6.58. The average molecular weight is 364 g/mol.